The van der Waals surface area contributed by atoms with Crippen LogP contribution in [0.4, 0.5) is 0 Å². The van der Waals surface area contributed by atoms with E-state index in [1.807, 2.05) is 23.7 Å². The summed E-state index contributed by atoms with van der Waals surface area (Å²) in [5, 5.41) is 0. The van der Waals surface area contributed by atoms with E-state index in [0.717, 1.165) is 44.3 Å². The molecule has 160 valence electrons. The summed E-state index contributed by atoms with van der Waals surface area (Å²) >= 11 is 7.17. The van der Waals surface area contributed by atoms with Crippen molar-refractivity contribution >= 4 is 48.9 Å². The van der Waals surface area contributed by atoms with Gasteiger partial charge in [-0.05, 0) is 56.0 Å². The van der Waals surface area contributed by atoms with Crippen LogP contribution >= 0.6 is 31.9 Å². The Morgan fingerprint density at radius 1 is 1.30 bits per heavy atom. The molecule has 0 aliphatic heterocycles. The molecule has 2 heterocycles. The van der Waals surface area contributed by atoms with Gasteiger partial charge in [-0.1, -0.05) is 0 Å². The van der Waals surface area contributed by atoms with Crippen LogP contribution in [0.25, 0.3) is 11.2 Å². The highest BCUT2D eigenvalue weighted by Gasteiger charge is 2.10. The van der Waals surface area contributed by atoms with E-state index in [2.05, 4.69) is 51.8 Å². The smallest absolute Gasteiger partial charge is 0.219 e. The third-order valence-corrected chi connectivity index (χ3v) is 5.85. The third kappa shape index (κ3) is 5.48. The number of amides is 1. The number of nitrogens with zero attached hydrogens (tertiary/aromatic N) is 5. The molecule has 0 saturated carbocycles. The molecule has 30 heavy (non-hydrogen) atoms. The average Bonchev–Trinajstić information content (AvgIpc) is 3.20. The zero-order chi connectivity index (χ0) is 21.7. The minimum atomic E-state index is 0.0614. The number of nitrogens with one attached hydrogen (secondary N) is 1. The zero-order valence-electron chi connectivity index (χ0n) is 17.2. The minimum absolute atomic E-state index is 0.0614. The van der Waals surface area contributed by atoms with Crippen molar-refractivity contribution in [2.75, 3.05) is 26.7 Å². The Balaban J connectivity index is 1.56. The maximum absolute atomic E-state index is 11.4. The van der Waals surface area contributed by atoms with E-state index in [1.165, 1.54) is 0 Å². The van der Waals surface area contributed by atoms with Crippen molar-refractivity contribution in [1.82, 2.24) is 24.4 Å². The predicted octanol–water partition coefficient (Wildman–Crippen LogP) is 3.21. The Labute approximate surface area is 191 Å². The number of rotatable bonds is 8. The van der Waals surface area contributed by atoms with Gasteiger partial charge in [-0.2, -0.15) is 0 Å². The van der Waals surface area contributed by atoms with Gasteiger partial charge in [0.05, 0.1) is 28.2 Å². The van der Waals surface area contributed by atoms with Crippen LogP contribution in [0, 0.1) is 0 Å². The van der Waals surface area contributed by atoms with Crippen LogP contribution in [0.15, 0.2) is 38.7 Å². The van der Waals surface area contributed by atoms with Gasteiger partial charge >= 0.3 is 0 Å². The number of halogens is 2. The maximum Gasteiger partial charge on any atom is 0.219 e. The van der Waals surface area contributed by atoms with E-state index >= 15 is 0 Å². The number of aromatic amines is 1. The van der Waals surface area contributed by atoms with Crippen LogP contribution in [0.3, 0.4) is 0 Å². The Morgan fingerprint density at radius 2 is 2.03 bits per heavy atom. The second-order valence-corrected chi connectivity index (χ2v) is 8.65. The highest BCUT2D eigenvalue weighted by Crippen LogP contribution is 2.35. The van der Waals surface area contributed by atoms with Gasteiger partial charge in [-0.25, -0.2) is 9.97 Å². The number of ether oxygens (including phenoxy) is 1. The molecular formula is C20H24Br2N6O2. The number of aromatic nitrogens is 4. The zero-order valence-corrected chi connectivity index (χ0v) is 20.3. The summed E-state index contributed by atoms with van der Waals surface area (Å²) in [5.41, 5.74) is 3.43. The number of fused-ring (bicyclic) bond motifs is 1. The largest absolute Gasteiger partial charge is 0.491 e. The van der Waals surface area contributed by atoms with Gasteiger partial charge in [0.15, 0.2) is 11.1 Å². The van der Waals surface area contributed by atoms with Crippen LogP contribution in [0.2, 0.25) is 0 Å². The standard InChI is InChI=1S/C20H24Br2N6O2/c1-13(29)27(2)7-5-14-9-15(21)18(16(22)10-14)30-8-4-6-23-19-17-20(25-11-24-17)28(3)12-26-19/h9-12H,4-8H2,1-3H3,(H,24,25). The number of imidazole rings is 1. The quantitative estimate of drug-likeness (QED) is 0.445. The topological polar surface area (TPSA) is 88.4 Å². The monoisotopic (exact) mass is 538 g/mol. The molecule has 3 rings (SSSR count). The van der Waals surface area contributed by atoms with E-state index < -0.39 is 0 Å². The van der Waals surface area contributed by atoms with Crippen molar-refractivity contribution < 1.29 is 9.53 Å². The highest BCUT2D eigenvalue weighted by atomic mass is 79.9. The van der Waals surface area contributed by atoms with Gasteiger partial charge in [0.1, 0.15) is 11.3 Å². The minimum Gasteiger partial charge on any atom is -0.491 e. The highest BCUT2D eigenvalue weighted by molar-refractivity contribution is 9.11. The number of H-pyrrole nitrogens is 1. The van der Waals surface area contributed by atoms with Gasteiger partial charge in [0.25, 0.3) is 0 Å². The van der Waals surface area contributed by atoms with Crippen molar-refractivity contribution in [3.63, 3.8) is 0 Å². The Hall–Kier alpha value is -2.20. The van der Waals surface area contributed by atoms with Crippen molar-refractivity contribution in [3.05, 3.63) is 44.8 Å². The molecule has 0 radical (unpaired) electrons. The summed E-state index contributed by atoms with van der Waals surface area (Å²) < 4.78 is 9.57. The number of hydrogen-bond donors (Lipinski definition) is 1. The molecule has 0 spiro atoms. The molecule has 0 aliphatic carbocycles. The maximum atomic E-state index is 11.4. The summed E-state index contributed by atoms with van der Waals surface area (Å²) in [4.78, 5) is 29.3. The Kier molecular flexibility index (Phi) is 7.65. The van der Waals surface area contributed by atoms with Crippen molar-refractivity contribution in [2.45, 2.75) is 19.8 Å². The van der Waals surface area contributed by atoms with Gasteiger partial charge in [0.2, 0.25) is 5.91 Å². The molecule has 2 aromatic heterocycles. The lowest BCUT2D eigenvalue weighted by Gasteiger charge is -2.16. The van der Waals surface area contributed by atoms with E-state index in [4.69, 9.17) is 4.74 Å². The molecule has 0 aliphatic rings. The number of carbonyl (C=O) groups excluding carboxylic acids is 1. The molecule has 3 aromatic rings. The van der Waals surface area contributed by atoms with Crippen molar-refractivity contribution in [2.24, 2.45) is 12.0 Å². The third-order valence-electron chi connectivity index (χ3n) is 4.67. The van der Waals surface area contributed by atoms with Gasteiger partial charge in [-0.15, -0.1) is 0 Å². The molecular weight excluding hydrogens is 516 g/mol. The molecule has 1 aromatic carbocycles. The van der Waals surface area contributed by atoms with E-state index in [9.17, 15) is 4.79 Å². The van der Waals surface area contributed by atoms with E-state index in [0.29, 0.717) is 25.2 Å². The van der Waals surface area contributed by atoms with Gasteiger partial charge in [-0.3, -0.25) is 9.79 Å². The lowest BCUT2D eigenvalue weighted by molar-refractivity contribution is -0.127. The van der Waals surface area contributed by atoms with E-state index in [1.54, 1.807) is 31.5 Å². The first-order valence-electron chi connectivity index (χ1n) is 9.54. The van der Waals surface area contributed by atoms with E-state index in [-0.39, 0.29) is 5.91 Å². The molecule has 0 atom stereocenters. The molecule has 10 heteroatoms. The lowest BCUT2D eigenvalue weighted by atomic mass is 10.1. The van der Waals surface area contributed by atoms with Crippen molar-refractivity contribution in [3.8, 4) is 5.75 Å². The second-order valence-electron chi connectivity index (χ2n) is 6.94. The Bertz CT molecular complexity index is 1090. The van der Waals surface area contributed by atoms with Crippen LogP contribution in [0.5, 0.6) is 5.75 Å². The average molecular weight is 540 g/mol. The lowest BCUT2D eigenvalue weighted by Crippen LogP contribution is -2.26. The van der Waals surface area contributed by atoms with Crippen LogP contribution < -0.4 is 10.2 Å². The van der Waals surface area contributed by atoms with Gasteiger partial charge in [0, 0.05) is 40.5 Å². The summed E-state index contributed by atoms with van der Waals surface area (Å²) in [6, 6.07) is 4.06. The molecule has 1 N–H and O–H groups in total. The first-order valence-corrected chi connectivity index (χ1v) is 11.1. The number of carbonyl (C=O) groups is 1. The molecule has 0 unspecified atom stereocenters. The normalized spacial score (nSPS) is 11.8. The van der Waals surface area contributed by atoms with Crippen molar-refractivity contribution in [1.29, 1.82) is 0 Å². The Morgan fingerprint density at radius 3 is 2.73 bits per heavy atom. The summed E-state index contributed by atoms with van der Waals surface area (Å²) in [6.07, 6.45) is 4.88. The predicted molar refractivity (Wildman–Crippen MR) is 122 cm³/mol. The van der Waals surface area contributed by atoms with Crippen LogP contribution in [-0.2, 0) is 18.3 Å². The number of hydrogen-bond acceptors (Lipinski definition) is 5. The fourth-order valence-electron chi connectivity index (χ4n) is 2.87. The summed E-state index contributed by atoms with van der Waals surface area (Å²) in [5.74, 6) is 0.825. The number of aryl methyl sites for hydroxylation is 1. The number of likely N-dealkylation sites (N-methyl/N-ethyl adjacent to an activating group) is 1. The SMILES string of the molecule is CC(=O)N(C)CCc1cc(Br)c(OCCCN=c2ncn(C)c3nc[nH]c23)c(Br)c1. The molecule has 0 bridgehead atoms. The summed E-state index contributed by atoms with van der Waals surface area (Å²) in [7, 11) is 3.70. The molecule has 0 fully saturated rings. The van der Waals surface area contributed by atoms with Gasteiger partial charge < -0.3 is 19.2 Å². The number of benzene rings is 1. The first-order chi connectivity index (χ1) is 14.4. The van der Waals surface area contributed by atoms with Crippen LogP contribution in [-0.4, -0.2) is 57.1 Å². The molecule has 1 amide bonds. The second kappa shape index (κ2) is 10.2. The fraction of sp³-hybridized carbons (Fsp3) is 0.400. The molecule has 0 saturated heterocycles. The first kappa shape index (κ1) is 22.5. The van der Waals surface area contributed by atoms with Crippen LogP contribution in [0.1, 0.15) is 18.9 Å². The summed E-state index contributed by atoms with van der Waals surface area (Å²) in [6.45, 7) is 3.37. The fourth-order valence-corrected chi connectivity index (χ4v) is 4.38. The molecule has 8 nitrogen and oxygen atoms in total.